The normalized spacial score (nSPS) is 10.2. The lowest BCUT2D eigenvalue weighted by molar-refractivity contribution is 0.0523. The predicted octanol–water partition coefficient (Wildman–Crippen LogP) is 3.70. The van der Waals surface area contributed by atoms with E-state index in [0.29, 0.717) is 11.4 Å². The Balaban J connectivity index is 2.37. The van der Waals surface area contributed by atoms with Crippen LogP contribution >= 0.6 is 15.9 Å². The number of nitrogens with zero attached hydrogens (tertiary/aromatic N) is 1. The first-order valence-corrected chi connectivity index (χ1v) is 7.17. The Bertz CT molecular complexity index is 674. The molecule has 0 spiro atoms. The number of ether oxygens (including phenoxy) is 2. The van der Waals surface area contributed by atoms with Gasteiger partial charge in [0.05, 0.1) is 23.0 Å². The molecule has 0 aliphatic heterocycles. The number of nitrogens with two attached hydrogens (primary N) is 1. The van der Waals surface area contributed by atoms with Crippen molar-refractivity contribution in [1.29, 1.82) is 0 Å². The molecule has 0 fully saturated rings. The Kier molecular flexibility index (Phi) is 4.80. The molecule has 2 aromatic rings. The van der Waals surface area contributed by atoms with Gasteiger partial charge in [-0.05, 0) is 53.5 Å². The number of carbonyl (C=O) groups is 1. The minimum absolute atomic E-state index is 0.159. The quantitative estimate of drug-likeness (QED) is 0.850. The number of hydrogen-bond acceptors (Lipinski definition) is 5. The molecule has 0 unspecified atom stereocenters. The van der Waals surface area contributed by atoms with Gasteiger partial charge in [0.25, 0.3) is 0 Å². The number of nitrogen functional groups attached to an aromatic ring is 1. The summed E-state index contributed by atoms with van der Waals surface area (Å²) >= 11 is 3.42. The van der Waals surface area contributed by atoms with Gasteiger partial charge in [-0.1, -0.05) is 6.07 Å². The molecule has 110 valence electrons. The Morgan fingerprint density at radius 1 is 1.38 bits per heavy atom. The average molecular weight is 351 g/mol. The molecule has 0 aliphatic carbocycles. The monoisotopic (exact) mass is 350 g/mol. The summed E-state index contributed by atoms with van der Waals surface area (Å²) in [5.74, 6) is 0.200. The predicted molar refractivity (Wildman–Crippen MR) is 83.6 cm³/mol. The Morgan fingerprint density at radius 3 is 2.81 bits per heavy atom. The van der Waals surface area contributed by atoms with Crippen LogP contribution in [0.1, 0.15) is 22.8 Å². The molecule has 1 heterocycles. The van der Waals surface area contributed by atoms with Crippen LogP contribution in [0.3, 0.4) is 0 Å². The largest absolute Gasteiger partial charge is 0.462 e. The number of esters is 1. The Hall–Kier alpha value is -2.08. The molecule has 2 rings (SSSR count). The van der Waals surface area contributed by atoms with Gasteiger partial charge in [0.1, 0.15) is 11.3 Å². The van der Waals surface area contributed by atoms with Crippen molar-refractivity contribution in [1.82, 2.24) is 4.98 Å². The van der Waals surface area contributed by atoms with Crippen molar-refractivity contribution in [3.05, 3.63) is 46.1 Å². The second-order valence-corrected chi connectivity index (χ2v) is 5.23. The van der Waals surface area contributed by atoms with Gasteiger partial charge < -0.3 is 15.2 Å². The Morgan fingerprint density at radius 2 is 2.14 bits per heavy atom. The lowest BCUT2D eigenvalue weighted by Crippen LogP contribution is -2.08. The van der Waals surface area contributed by atoms with E-state index in [1.807, 2.05) is 19.1 Å². The lowest BCUT2D eigenvalue weighted by Gasteiger charge is -2.11. The van der Waals surface area contributed by atoms with Crippen LogP contribution in [-0.2, 0) is 4.74 Å². The fraction of sp³-hybridized carbons (Fsp3) is 0.200. The first-order valence-electron chi connectivity index (χ1n) is 6.38. The van der Waals surface area contributed by atoms with Gasteiger partial charge >= 0.3 is 5.97 Å². The van der Waals surface area contributed by atoms with Crippen molar-refractivity contribution >= 4 is 27.6 Å². The molecule has 2 N–H and O–H groups in total. The highest BCUT2D eigenvalue weighted by Crippen LogP contribution is 2.31. The second kappa shape index (κ2) is 6.58. The molecule has 5 nitrogen and oxygen atoms in total. The number of pyridine rings is 1. The van der Waals surface area contributed by atoms with E-state index in [-0.39, 0.29) is 18.1 Å². The highest BCUT2D eigenvalue weighted by molar-refractivity contribution is 9.10. The van der Waals surface area contributed by atoms with Crippen LogP contribution < -0.4 is 10.5 Å². The van der Waals surface area contributed by atoms with Crippen LogP contribution in [-0.4, -0.2) is 17.6 Å². The SMILES string of the molecule is CCOC(=O)c1cc(N)cnc1Oc1ccc(C)cc1Br. The van der Waals surface area contributed by atoms with Gasteiger partial charge in [0.15, 0.2) is 0 Å². The molecule has 0 saturated heterocycles. The summed E-state index contributed by atoms with van der Waals surface area (Å²) < 4.78 is 11.5. The maximum Gasteiger partial charge on any atom is 0.343 e. The summed E-state index contributed by atoms with van der Waals surface area (Å²) in [7, 11) is 0. The molecule has 0 amide bonds. The van der Waals surface area contributed by atoms with Crippen molar-refractivity contribution in [2.45, 2.75) is 13.8 Å². The highest BCUT2D eigenvalue weighted by Gasteiger charge is 2.17. The van der Waals surface area contributed by atoms with Crippen LogP contribution in [0.15, 0.2) is 34.9 Å². The molecule has 1 aromatic heterocycles. The van der Waals surface area contributed by atoms with E-state index in [1.54, 1.807) is 13.0 Å². The molecule has 21 heavy (non-hydrogen) atoms. The molecule has 0 bridgehead atoms. The number of carbonyl (C=O) groups excluding carboxylic acids is 1. The molecular weight excluding hydrogens is 336 g/mol. The van der Waals surface area contributed by atoms with Crippen LogP contribution in [0, 0.1) is 6.92 Å². The van der Waals surface area contributed by atoms with Gasteiger partial charge in [0, 0.05) is 0 Å². The first kappa shape index (κ1) is 15.3. The van der Waals surface area contributed by atoms with Crippen molar-refractivity contribution in [3.8, 4) is 11.6 Å². The third-order valence-corrected chi connectivity index (χ3v) is 3.28. The lowest BCUT2D eigenvalue weighted by atomic mass is 10.2. The molecule has 1 aromatic carbocycles. The van der Waals surface area contributed by atoms with Gasteiger partial charge in [-0.25, -0.2) is 9.78 Å². The summed E-state index contributed by atoms with van der Waals surface area (Å²) in [4.78, 5) is 16.0. The minimum Gasteiger partial charge on any atom is -0.462 e. The number of hydrogen-bond donors (Lipinski definition) is 1. The third kappa shape index (κ3) is 3.72. The minimum atomic E-state index is -0.518. The summed E-state index contributed by atoms with van der Waals surface area (Å²) in [5.41, 5.74) is 7.32. The van der Waals surface area contributed by atoms with E-state index in [9.17, 15) is 4.79 Å². The average Bonchev–Trinajstić information content (AvgIpc) is 2.43. The second-order valence-electron chi connectivity index (χ2n) is 4.38. The number of aromatic nitrogens is 1. The number of halogens is 1. The molecule has 0 aliphatic rings. The van der Waals surface area contributed by atoms with Crippen LogP contribution in [0.25, 0.3) is 0 Å². The van der Waals surface area contributed by atoms with E-state index in [1.165, 1.54) is 12.3 Å². The summed E-state index contributed by atoms with van der Waals surface area (Å²) in [6.07, 6.45) is 1.43. The molecule has 0 radical (unpaired) electrons. The van der Waals surface area contributed by atoms with E-state index in [0.717, 1.165) is 10.0 Å². The summed E-state index contributed by atoms with van der Waals surface area (Å²) in [5, 5.41) is 0. The summed E-state index contributed by atoms with van der Waals surface area (Å²) in [6, 6.07) is 7.10. The molecule has 0 atom stereocenters. The van der Waals surface area contributed by atoms with Crippen molar-refractivity contribution in [2.75, 3.05) is 12.3 Å². The fourth-order valence-electron chi connectivity index (χ4n) is 1.70. The zero-order valence-corrected chi connectivity index (χ0v) is 13.3. The maximum atomic E-state index is 11.9. The standard InChI is InChI=1S/C15H15BrN2O3/c1-3-20-15(19)11-7-10(17)8-18-14(11)21-13-5-4-9(2)6-12(13)16/h4-8H,3,17H2,1-2H3. The zero-order valence-electron chi connectivity index (χ0n) is 11.7. The summed E-state index contributed by atoms with van der Waals surface area (Å²) in [6.45, 7) is 3.97. The fourth-order valence-corrected chi connectivity index (χ4v) is 2.27. The number of rotatable bonds is 4. The molecular formula is C15H15BrN2O3. The van der Waals surface area contributed by atoms with Crippen molar-refractivity contribution in [3.63, 3.8) is 0 Å². The van der Waals surface area contributed by atoms with E-state index < -0.39 is 5.97 Å². The van der Waals surface area contributed by atoms with Crippen molar-refractivity contribution in [2.24, 2.45) is 0 Å². The zero-order chi connectivity index (χ0) is 15.4. The topological polar surface area (TPSA) is 74.4 Å². The van der Waals surface area contributed by atoms with Crippen LogP contribution in [0.2, 0.25) is 0 Å². The van der Waals surface area contributed by atoms with Crippen LogP contribution in [0.5, 0.6) is 11.6 Å². The van der Waals surface area contributed by atoms with E-state index in [4.69, 9.17) is 15.2 Å². The third-order valence-electron chi connectivity index (χ3n) is 2.66. The Labute approximate surface area is 131 Å². The van der Waals surface area contributed by atoms with Gasteiger partial charge in [-0.15, -0.1) is 0 Å². The smallest absolute Gasteiger partial charge is 0.343 e. The molecule has 0 saturated carbocycles. The van der Waals surface area contributed by atoms with Crippen LogP contribution in [0.4, 0.5) is 5.69 Å². The van der Waals surface area contributed by atoms with E-state index >= 15 is 0 Å². The first-order chi connectivity index (χ1) is 10.0. The van der Waals surface area contributed by atoms with Crippen molar-refractivity contribution < 1.29 is 14.3 Å². The maximum absolute atomic E-state index is 11.9. The number of aryl methyl sites for hydroxylation is 1. The van der Waals surface area contributed by atoms with Gasteiger partial charge in [-0.3, -0.25) is 0 Å². The highest BCUT2D eigenvalue weighted by atomic mass is 79.9. The van der Waals surface area contributed by atoms with Gasteiger partial charge in [0.2, 0.25) is 5.88 Å². The van der Waals surface area contributed by atoms with E-state index in [2.05, 4.69) is 20.9 Å². The van der Waals surface area contributed by atoms with Gasteiger partial charge in [-0.2, -0.15) is 0 Å². The molecule has 6 heteroatoms. The number of benzene rings is 1. The number of anilines is 1.